The van der Waals surface area contributed by atoms with Gasteiger partial charge in [-0.05, 0) is 24.3 Å². The second-order valence-electron chi connectivity index (χ2n) is 5.71. The fourth-order valence-corrected chi connectivity index (χ4v) is 2.99. The normalized spacial score (nSPS) is 12.7. The number of nitrogens with zero attached hydrogens (tertiary/aromatic N) is 1. The fraction of sp³-hybridized carbons (Fsp3) is 0.211. The van der Waals surface area contributed by atoms with Crippen molar-refractivity contribution in [2.24, 2.45) is 0 Å². The van der Waals surface area contributed by atoms with E-state index in [-0.39, 0.29) is 41.8 Å². The van der Waals surface area contributed by atoms with Gasteiger partial charge in [-0.25, -0.2) is 0 Å². The number of hydrogen-bond donors (Lipinski definition) is 1. The number of imide groups is 1. The molecule has 2 aromatic rings. The second kappa shape index (κ2) is 8.09. The molecule has 0 unspecified atom stereocenters. The SMILES string of the molecule is COc1ccccc1OCC(=O)NCCN1C(=O)c2cccc(Cl)c2C1=O. The van der Waals surface area contributed by atoms with Gasteiger partial charge in [0.1, 0.15) is 0 Å². The quantitative estimate of drug-likeness (QED) is 0.734. The smallest absolute Gasteiger partial charge is 0.263 e. The minimum atomic E-state index is -0.458. The largest absolute Gasteiger partial charge is 0.493 e. The molecule has 0 saturated heterocycles. The van der Waals surface area contributed by atoms with Gasteiger partial charge in [0.2, 0.25) is 0 Å². The highest BCUT2D eigenvalue weighted by Gasteiger charge is 2.36. The first-order chi connectivity index (χ1) is 13.0. The number of hydrogen-bond acceptors (Lipinski definition) is 5. The zero-order valence-corrected chi connectivity index (χ0v) is 15.3. The van der Waals surface area contributed by atoms with E-state index in [0.717, 1.165) is 4.90 Å². The zero-order chi connectivity index (χ0) is 19.4. The fourth-order valence-electron chi connectivity index (χ4n) is 2.73. The van der Waals surface area contributed by atoms with Gasteiger partial charge in [0.25, 0.3) is 17.7 Å². The molecule has 1 heterocycles. The van der Waals surface area contributed by atoms with Gasteiger partial charge in [0, 0.05) is 13.1 Å². The van der Waals surface area contributed by atoms with E-state index in [1.54, 1.807) is 42.5 Å². The molecule has 8 heteroatoms. The van der Waals surface area contributed by atoms with Gasteiger partial charge in [0.05, 0.1) is 23.3 Å². The minimum absolute atomic E-state index is 0.0447. The van der Waals surface area contributed by atoms with Gasteiger partial charge in [-0.1, -0.05) is 29.8 Å². The maximum Gasteiger partial charge on any atom is 0.263 e. The van der Waals surface area contributed by atoms with Gasteiger partial charge in [-0.2, -0.15) is 0 Å². The molecule has 0 atom stereocenters. The van der Waals surface area contributed by atoms with Crippen molar-refractivity contribution in [3.8, 4) is 11.5 Å². The Labute approximate surface area is 160 Å². The lowest BCUT2D eigenvalue weighted by Gasteiger charge is -2.14. The Kier molecular flexibility index (Phi) is 5.61. The van der Waals surface area contributed by atoms with Crippen molar-refractivity contribution in [2.45, 2.75) is 0 Å². The summed E-state index contributed by atoms with van der Waals surface area (Å²) in [5, 5.41) is 2.85. The van der Waals surface area contributed by atoms with Crippen molar-refractivity contribution >= 4 is 29.3 Å². The molecule has 27 heavy (non-hydrogen) atoms. The van der Waals surface area contributed by atoms with Crippen LogP contribution in [0.4, 0.5) is 0 Å². The molecule has 2 aromatic carbocycles. The predicted octanol–water partition coefficient (Wildman–Crippen LogP) is 2.14. The van der Waals surface area contributed by atoms with Crippen LogP contribution in [0.1, 0.15) is 20.7 Å². The lowest BCUT2D eigenvalue weighted by atomic mass is 10.1. The van der Waals surface area contributed by atoms with Crippen molar-refractivity contribution in [3.05, 3.63) is 58.6 Å². The number of benzene rings is 2. The number of para-hydroxylation sites is 2. The van der Waals surface area contributed by atoms with Crippen molar-refractivity contribution in [3.63, 3.8) is 0 Å². The van der Waals surface area contributed by atoms with Gasteiger partial charge in [0.15, 0.2) is 18.1 Å². The Morgan fingerprint density at radius 3 is 2.52 bits per heavy atom. The first-order valence-corrected chi connectivity index (χ1v) is 8.58. The molecule has 140 valence electrons. The highest BCUT2D eigenvalue weighted by atomic mass is 35.5. The number of ether oxygens (including phenoxy) is 2. The van der Waals surface area contributed by atoms with E-state index >= 15 is 0 Å². The molecule has 7 nitrogen and oxygen atoms in total. The molecular weight excluding hydrogens is 372 g/mol. The lowest BCUT2D eigenvalue weighted by Crippen LogP contribution is -2.39. The van der Waals surface area contributed by atoms with Crippen LogP contribution in [0.2, 0.25) is 5.02 Å². The summed E-state index contributed by atoms with van der Waals surface area (Å²) in [4.78, 5) is 37.7. The molecule has 0 bridgehead atoms. The van der Waals surface area contributed by atoms with Crippen LogP contribution < -0.4 is 14.8 Å². The summed E-state index contributed by atoms with van der Waals surface area (Å²) in [5.41, 5.74) is 0.480. The van der Waals surface area contributed by atoms with Crippen molar-refractivity contribution in [1.29, 1.82) is 0 Å². The average molecular weight is 389 g/mol. The number of carbonyl (C=O) groups excluding carboxylic acids is 3. The van der Waals surface area contributed by atoms with Crippen LogP contribution in [0.5, 0.6) is 11.5 Å². The summed E-state index contributed by atoms with van der Waals surface area (Å²) in [6.07, 6.45) is 0. The van der Waals surface area contributed by atoms with Crippen LogP contribution >= 0.6 is 11.6 Å². The molecule has 0 aliphatic carbocycles. The maximum atomic E-state index is 12.4. The van der Waals surface area contributed by atoms with Crippen LogP contribution in [0, 0.1) is 0 Å². The number of fused-ring (bicyclic) bond motifs is 1. The third-order valence-electron chi connectivity index (χ3n) is 4.03. The molecule has 1 aliphatic heterocycles. The first kappa shape index (κ1) is 18.7. The summed E-state index contributed by atoms with van der Waals surface area (Å²) in [6, 6.07) is 11.7. The highest BCUT2D eigenvalue weighted by Crippen LogP contribution is 2.28. The van der Waals surface area contributed by atoms with Crippen LogP contribution in [0.15, 0.2) is 42.5 Å². The van der Waals surface area contributed by atoms with E-state index in [1.165, 1.54) is 7.11 Å². The van der Waals surface area contributed by atoms with E-state index in [2.05, 4.69) is 5.32 Å². The number of halogens is 1. The van der Waals surface area contributed by atoms with Crippen molar-refractivity contribution in [2.75, 3.05) is 26.8 Å². The molecule has 0 aromatic heterocycles. The van der Waals surface area contributed by atoms with Crippen LogP contribution in [-0.4, -0.2) is 49.4 Å². The summed E-state index contributed by atoms with van der Waals surface area (Å²) in [7, 11) is 1.51. The standard InChI is InChI=1S/C19H17ClN2O5/c1-26-14-7-2-3-8-15(14)27-11-16(23)21-9-10-22-18(24)12-5-4-6-13(20)17(12)19(22)25/h2-8H,9-11H2,1H3,(H,21,23). The Morgan fingerprint density at radius 1 is 1.07 bits per heavy atom. The number of rotatable bonds is 7. The zero-order valence-electron chi connectivity index (χ0n) is 14.5. The van der Waals surface area contributed by atoms with E-state index in [0.29, 0.717) is 11.5 Å². The van der Waals surface area contributed by atoms with E-state index < -0.39 is 11.8 Å². The van der Waals surface area contributed by atoms with Crippen LogP contribution in [-0.2, 0) is 4.79 Å². The molecule has 3 rings (SSSR count). The van der Waals surface area contributed by atoms with E-state index in [1.807, 2.05) is 0 Å². The third-order valence-corrected chi connectivity index (χ3v) is 4.35. The van der Waals surface area contributed by atoms with Gasteiger partial charge in [-0.3, -0.25) is 19.3 Å². The van der Waals surface area contributed by atoms with Gasteiger partial charge < -0.3 is 14.8 Å². The minimum Gasteiger partial charge on any atom is -0.493 e. The van der Waals surface area contributed by atoms with Crippen LogP contribution in [0.25, 0.3) is 0 Å². The summed E-state index contributed by atoms with van der Waals surface area (Å²) < 4.78 is 10.6. The first-order valence-electron chi connectivity index (χ1n) is 8.20. The Morgan fingerprint density at radius 2 is 1.81 bits per heavy atom. The monoisotopic (exact) mass is 388 g/mol. The molecule has 0 spiro atoms. The average Bonchev–Trinajstić information content (AvgIpc) is 2.92. The molecule has 3 amide bonds. The summed E-state index contributed by atoms with van der Waals surface area (Å²) in [6.45, 7) is -0.0609. The third kappa shape index (κ3) is 3.88. The molecular formula is C19H17ClN2O5. The number of carbonyl (C=O) groups is 3. The lowest BCUT2D eigenvalue weighted by molar-refractivity contribution is -0.123. The summed E-state index contributed by atoms with van der Waals surface area (Å²) >= 11 is 6.01. The Balaban J connectivity index is 1.50. The Hall–Kier alpha value is -3.06. The second-order valence-corrected chi connectivity index (χ2v) is 6.12. The topological polar surface area (TPSA) is 84.9 Å². The molecule has 0 saturated carbocycles. The molecule has 0 radical (unpaired) electrons. The molecule has 1 N–H and O–H groups in total. The Bertz CT molecular complexity index is 899. The van der Waals surface area contributed by atoms with Crippen molar-refractivity contribution in [1.82, 2.24) is 10.2 Å². The molecule has 0 fully saturated rings. The van der Waals surface area contributed by atoms with Gasteiger partial charge in [-0.15, -0.1) is 0 Å². The van der Waals surface area contributed by atoms with Crippen LogP contribution in [0.3, 0.4) is 0 Å². The van der Waals surface area contributed by atoms with E-state index in [9.17, 15) is 14.4 Å². The number of methoxy groups -OCH3 is 1. The van der Waals surface area contributed by atoms with Crippen molar-refractivity contribution < 1.29 is 23.9 Å². The number of nitrogens with one attached hydrogen (secondary N) is 1. The highest BCUT2D eigenvalue weighted by molar-refractivity contribution is 6.37. The summed E-state index contributed by atoms with van der Waals surface area (Å²) in [5.74, 6) is -0.286. The predicted molar refractivity (Wildman–Crippen MR) is 98.3 cm³/mol. The maximum absolute atomic E-state index is 12.4. The van der Waals surface area contributed by atoms with Gasteiger partial charge >= 0.3 is 0 Å². The number of amides is 3. The van der Waals surface area contributed by atoms with E-state index in [4.69, 9.17) is 21.1 Å². The molecule has 1 aliphatic rings.